The summed E-state index contributed by atoms with van der Waals surface area (Å²) in [5.74, 6) is 0.300. The molecular formula is C13H25N3O2. The minimum atomic E-state index is 0.0109. The molecule has 1 heterocycles. The highest BCUT2D eigenvalue weighted by Gasteiger charge is 2.25. The summed E-state index contributed by atoms with van der Waals surface area (Å²) < 4.78 is 0. The van der Waals surface area contributed by atoms with Gasteiger partial charge in [0.15, 0.2) is 0 Å². The van der Waals surface area contributed by atoms with Crippen LogP contribution in [-0.2, 0) is 9.59 Å². The standard InChI is InChI=1S/C13H25N3O2/c1-3-12(17)15-11-5-8-16(9-6-11)13(18)10(2)4-7-14/h10-11H,3-9,14H2,1-2H3,(H,15,17). The van der Waals surface area contributed by atoms with Gasteiger partial charge < -0.3 is 16.0 Å². The topological polar surface area (TPSA) is 75.4 Å². The molecule has 0 aromatic carbocycles. The predicted molar refractivity (Wildman–Crippen MR) is 70.9 cm³/mol. The molecule has 18 heavy (non-hydrogen) atoms. The number of piperidine rings is 1. The van der Waals surface area contributed by atoms with Crippen LogP contribution in [0.1, 0.15) is 39.5 Å². The third kappa shape index (κ3) is 4.29. The van der Waals surface area contributed by atoms with E-state index in [4.69, 9.17) is 5.73 Å². The molecule has 1 aliphatic heterocycles. The Kier molecular flexibility index (Phi) is 6.12. The van der Waals surface area contributed by atoms with Gasteiger partial charge in [-0.2, -0.15) is 0 Å². The van der Waals surface area contributed by atoms with E-state index in [1.54, 1.807) is 0 Å². The number of likely N-dealkylation sites (tertiary alicyclic amines) is 1. The van der Waals surface area contributed by atoms with Crippen molar-refractivity contribution >= 4 is 11.8 Å². The number of nitrogens with two attached hydrogens (primary N) is 1. The van der Waals surface area contributed by atoms with Crippen LogP contribution in [0.4, 0.5) is 0 Å². The Balaban J connectivity index is 2.34. The summed E-state index contributed by atoms with van der Waals surface area (Å²) in [7, 11) is 0. The molecule has 104 valence electrons. The first-order chi connectivity index (χ1) is 8.58. The average molecular weight is 255 g/mol. The number of hydrogen-bond acceptors (Lipinski definition) is 3. The Hall–Kier alpha value is -1.10. The molecule has 0 saturated carbocycles. The summed E-state index contributed by atoms with van der Waals surface area (Å²) in [6, 6.07) is 0.228. The smallest absolute Gasteiger partial charge is 0.225 e. The van der Waals surface area contributed by atoms with Crippen molar-refractivity contribution in [2.75, 3.05) is 19.6 Å². The number of hydrogen-bond donors (Lipinski definition) is 2. The third-order valence-corrected chi connectivity index (χ3v) is 3.51. The van der Waals surface area contributed by atoms with Gasteiger partial charge in [0, 0.05) is 31.5 Å². The molecule has 1 aliphatic rings. The fourth-order valence-electron chi connectivity index (χ4n) is 2.26. The van der Waals surface area contributed by atoms with Gasteiger partial charge in [0.05, 0.1) is 0 Å². The second kappa shape index (κ2) is 7.36. The highest BCUT2D eigenvalue weighted by atomic mass is 16.2. The number of nitrogens with one attached hydrogen (secondary N) is 1. The van der Waals surface area contributed by atoms with Crippen LogP contribution >= 0.6 is 0 Å². The minimum Gasteiger partial charge on any atom is -0.353 e. The predicted octanol–water partition coefficient (Wildman–Crippen LogP) is 0.489. The molecule has 1 atom stereocenters. The molecule has 0 radical (unpaired) electrons. The van der Waals surface area contributed by atoms with Crippen LogP contribution in [0, 0.1) is 5.92 Å². The van der Waals surface area contributed by atoms with E-state index in [9.17, 15) is 9.59 Å². The van der Waals surface area contributed by atoms with Crippen LogP contribution < -0.4 is 11.1 Å². The van der Waals surface area contributed by atoms with E-state index < -0.39 is 0 Å². The molecule has 0 spiro atoms. The third-order valence-electron chi connectivity index (χ3n) is 3.51. The zero-order chi connectivity index (χ0) is 13.5. The summed E-state index contributed by atoms with van der Waals surface area (Å²) >= 11 is 0. The Labute approximate surface area is 109 Å². The van der Waals surface area contributed by atoms with Crippen LogP contribution in [0.5, 0.6) is 0 Å². The normalized spacial score (nSPS) is 18.5. The quantitative estimate of drug-likeness (QED) is 0.750. The molecule has 1 unspecified atom stereocenters. The first-order valence-electron chi connectivity index (χ1n) is 6.86. The van der Waals surface area contributed by atoms with E-state index in [0.717, 1.165) is 32.4 Å². The number of carbonyl (C=O) groups is 2. The van der Waals surface area contributed by atoms with Crippen LogP contribution in [-0.4, -0.2) is 42.4 Å². The molecule has 5 nitrogen and oxygen atoms in total. The highest BCUT2D eigenvalue weighted by molar-refractivity contribution is 5.78. The van der Waals surface area contributed by atoms with E-state index in [-0.39, 0.29) is 23.8 Å². The van der Waals surface area contributed by atoms with Gasteiger partial charge in [-0.25, -0.2) is 0 Å². The largest absolute Gasteiger partial charge is 0.353 e. The number of carbonyl (C=O) groups excluding carboxylic acids is 2. The van der Waals surface area contributed by atoms with Crippen LogP contribution in [0.15, 0.2) is 0 Å². The lowest BCUT2D eigenvalue weighted by Gasteiger charge is -2.33. The van der Waals surface area contributed by atoms with Gasteiger partial charge in [0.25, 0.3) is 0 Å². The number of amides is 2. The molecule has 3 N–H and O–H groups in total. The molecule has 0 aliphatic carbocycles. The Morgan fingerprint density at radius 2 is 2.00 bits per heavy atom. The highest BCUT2D eigenvalue weighted by Crippen LogP contribution is 2.14. The van der Waals surface area contributed by atoms with Gasteiger partial charge in [-0.3, -0.25) is 9.59 Å². The monoisotopic (exact) mass is 255 g/mol. The van der Waals surface area contributed by atoms with Crippen molar-refractivity contribution in [3.63, 3.8) is 0 Å². The molecule has 0 aromatic heterocycles. The van der Waals surface area contributed by atoms with Crippen molar-refractivity contribution in [3.05, 3.63) is 0 Å². The summed E-state index contributed by atoms with van der Waals surface area (Å²) in [5, 5.41) is 2.99. The van der Waals surface area contributed by atoms with Gasteiger partial charge >= 0.3 is 0 Å². The van der Waals surface area contributed by atoms with Crippen molar-refractivity contribution in [2.45, 2.75) is 45.6 Å². The lowest BCUT2D eigenvalue weighted by atomic mass is 10.0. The van der Waals surface area contributed by atoms with E-state index in [1.165, 1.54) is 0 Å². The van der Waals surface area contributed by atoms with Crippen LogP contribution in [0.2, 0.25) is 0 Å². The fourth-order valence-corrected chi connectivity index (χ4v) is 2.26. The zero-order valence-corrected chi connectivity index (χ0v) is 11.4. The molecular weight excluding hydrogens is 230 g/mol. The van der Waals surface area contributed by atoms with Gasteiger partial charge in [-0.15, -0.1) is 0 Å². The van der Waals surface area contributed by atoms with Crippen LogP contribution in [0.25, 0.3) is 0 Å². The maximum atomic E-state index is 12.1. The van der Waals surface area contributed by atoms with Crippen LogP contribution in [0.3, 0.4) is 0 Å². The van der Waals surface area contributed by atoms with Crippen molar-refractivity contribution in [3.8, 4) is 0 Å². The molecule has 0 bridgehead atoms. The van der Waals surface area contributed by atoms with Crippen molar-refractivity contribution in [2.24, 2.45) is 11.7 Å². The molecule has 2 amide bonds. The second-order valence-electron chi connectivity index (χ2n) is 5.00. The average Bonchev–Trinajstić information content (AvgIpc) is 2.39. The van der Waals surface area contributed by atoms with E-state index >= 15 is 0 Å². The van der Waals surface area contributed by atoms with Gasteiger partial charge in [0.1, 0.15) is 0 Å². The Morgan fingerprint density at radius 3 is 2.50 bits per heavy atom. The summed E-state index contributed by atoms with van der Waals surface area (Å²) in [6.07, 6.45) is 2.97. The number of nitrogens with zero attached hydrogens (tertiary/aromatic N) is 1. The molecule has 5 heteroatoms. The number of rotatable bonds is 5. The summed E-state index contributed by atoms with van der Waals surface area (Å²) in [5.41, 5.74) is 5.47. The first kappa shape index (κ1) is 15.0. The SMILES string of the molecule is CCC(=O)NC1CCN(C(=O)C(C)CCN)CC1. The molecule has 0 aromatic rings. The summed E-state index contributed by atoms with van der Waals surface area (Å²) in [6.45, 7) is 5.81. The van der Waals surface area contributed by atoms with Crippen molar-refractivity contribution < 1.29 is 9.59 Å². The van der Waals surface area contributed by atoms with E-state index in [0.29, 0.717) is 13.0 Å². The van der Waals surface area contributed by atoms with Gasteiger partial charge in [-0.05, 0) is 25.8 Å². The maximum absolute atomic E-state index is 12.1. The van der Waals surface area contributed by atoms with E-state index in [2.05, 4.69) is 5.32 Å². The lowest BCUT2D eigenvalue weighted by Crippen LogP contribution is -2.47. The van der Waals surface area contributed by atoms with E-state index in [1.807, 2.05) is 18.7 Å². The Morgan fingerprint density at radius 1 is 1.39 bits per heavy atom. The zero-order valence-electron chi connectivity index (χ0n) is 11.4. The lowest BCUT2D eigenvalue weighted by molar-refractivity contribution is -0.136. The van der Waals surface area contributed by atoms with Crippen molar-refractivity contribution in [1.29, 1.82) is 0 Å². The van der Waals surface area contributed by atoms with Gasteiger partial charge in [-0.1, -0.05) is 13.8 Å². The van der Waals surface area contributed by atoms with Gasteiger partial charge in [0.2, 0.25) is 11.8 Å². The molecule has 1 rings (SSSR count). The minimum absolute atomic E-state index is 0.0109. The van der Waals surface area contributed by atoms with Crippen molar-refractivity contribution in [1.82, 2.24) is 10.2 Å². The summed E-state index contributed by atoms with van der Waals surface area (Å²) in [4.78, 5) is 25.2. The maximum Gasteiger partial charge on any atom is 0.225 e. The first-order valence-corrected chi connectivity index (χ1v) is 6.86. The fraction of sp³-hybridized carbons (Fsp3) is 0.846. The Bertz CT molecular complexity index is 286. The second-order valence-corrected chi connectivity index (χ2v) is 5.00. The molecule has 1 saturated heterocycles. The molecule has 1 fully saturated rings.